The van der Waals surface area contributed by atoms with Crippen molar-refractivity contribution in [2.24, 2.45) is 0 Å². The molecule has 0 rings (SSSR count). The lowest BCUT2D eigenvalue weighted by Gasteiger charge is -2.11. The van der Waals surface area contributed by atoms with Crippen LogP contribution in [-0.4, -0.2) is 26.4 Å². The Bertz CT molecular complexity index is 94.1. The van der Waals surface area contributed by atoms with E-state index in [1.807, 2.05) is 0 Å². The molecular weight excluding hydrogens is 164 g/mol. The molecule has 2 heteroatoms. The first-order valence-corrected chi connectivity index (χ1v) is 5.24. The Balaban J connectivity index is 3.05. The van der Waals surface area contributed by atoms with Crippen LogP contribution in [0, 0.1) is 6.92 Å². The molecule has 0 aliphatic heterocycles. The molecule has 1 atom stereocenters. The van der Waals surface area contributed by atoms with Gasteiger partial charge < -0.3 is 9.47 Å². The van der Waals surface area contributed by atoms with Crippen molar-refractivity contribution < 1.29 is 9.47 Å². The predicted octanol–water partition coefficient (Wildman–Crippen LogP) is 2.82. The summed E-state index contributed by atoms with van der Waals surface area (Å²) >= 11 is 0. The van der Waals surface area contributed by atoms with Crippen LogP contribution in [0.25, 0.3) is 0 Å². The summed E-state index contributed by atoms with van der Waals surface area (Å²) < 4.78 is 10.5. The Hall–Kier alpha value is -0.0800. The molecule has 0 aliphatic rings. The van der Waals surface area contributed by atoms with Gasteiger partial charge in [-0.3, -0.25) is 0 Å². The van der Waals surface area contributed by atoms with Crippen LogP contribution >= 0.6 is 0 Å². The van der Waals surface area contributed by atoms with Gasteiger partial charge in [0.2, 0.25) is 0 Å². The van der Waals surface area contributed by atoms with Gasteiger partial charge in [0.05, 0.1) is 6.10 Å². The summed E-state index contributed by atoms with van der Waals surface area (Å²) in [6.45, 7) is 7.82. The molecule has 0 bridgehead atoms. The minimum Gasteiger partial charge on any atom is -0.385 e. The van der Waals surface area contributed by atoms with Crippen LogP contribution in [-0.2, 0) is 9.47 Å². The van der Waals surface area contributed by atoms with E-state index >= 15 is 0 Å². The Morgan fingerprint density at radius 1 is 1.15 bits per heavy atom. The SMILES string of the molecule is [CH2]C(CCCCOC)OCCCC. The van der Waals surface area contributed by atoms with Gasteiger partial charge in [0.25, 0.3) is 0 Å². The highest BCUT2D eigenvalue weighted by molar-refractivity contribution is 4.59. The second-order valence-corrected chi connectivity index (χ2v) is 3.33. The van der Waals surface area contributed by atoms with Crippen molar-refractivity contribution >= 4 is 0 Å². The fourth-order valence-corrected chi connectivity index (χ4v) is 1.10. The molecule has 2 nitrogen and oxygen atoms in total. The minimum absolute atomic E-state index is 0.170. The van der Waals surface area contributed by atoms with Gasteiger partial charge in [0.15, 0.2) is 0 Å². The zero-order valence-corrected chi connectivity index (χ0v) is 9.05. The molecule has 0 fully saturated rings. The van der Waals surface area contributed by atoms with Gasteiger partial charge in [-0.2, -0.15) is 0 Å². The molecule has 0 saturated carbocycles. The van der Waals surface area contributed by atoms with E-state index in [4.69, 9.17) is 9.47 Å². The molecule has 0 amide bonds. The first-order chi connectivity index (χ1) is 6.31. The number of hydrogen-bond acceptors (Lipinski definition) is 2. The molecule has 0 aliphatic carbocycles. The van der Waals surface area contributed by atoms with Crippen LogP contribution in [0.3, 0.4) is 0 Å². The third kappa shape index (κ3) is 9.84. The Labute approximate surface area is 82.6 Å². The first-order valence-electron chi connectivity index (χ1n) is 5.24. The van der Waals surface area contributed by atoms with E-state index in [9.17, 15) is 0 Å². The molecule has 0 aromatic rings. The molecule has 79 valence electrons. The number of methoxy groups -OCH3 is 1. The quantitative estimate of drug-likeness (QED) is 0.517. The van der Waals surface area contributed by atoms with Gasteiger partial charge in [-0.1, -0.05) is 13.3 Å². The van der Waals surface area contributed by atoms with Gasteiger partial charge in [-0.15, -0.1) is 0 Å². The van der Waals surface area contributed by atoms with Crippen molar-refractivity contribution in [1.29, 1.82) is 0 Å². The maximum absolute atomic E-state index is 5.51. The van der Waals surface area contributed by atoms with Gasteiger partial charge in [-0.05, 0) is 32.6 Å². The van der Waals surface area contributed by atoms with Crippen LogP contribution in [0.1, 0.15) is 39.0 Å². The smallest absolute Gasteiger partial charge is 0.0576 e. The zero-order valence-electron chi connectivity index (χ0n) is 9.05. The average molecular weight is 187 g/mol. The van der Waals surface area contributed by atoms with Crippen molar-refractivity contribution in [2.45, 2.75) is 45.1 Å². The minimum atomic E-state index is 0.170. The number of rotatable bonds is 9. The number of hydrogen-bond donors (Lipinski definition) is 0. The summed E-state index contributed by atoms with van der Waals surface area (Å²) in [5.41, 5.74) is 0. The van der Waals surface area contributed by atoms with E-state index in [-0.39, 0.29) is 6.10 Å². The molecule has 1 unspecified atom stereocenters. The molecule has 0 aromatic heterocycles. The lowest BCUT2D eigenvalue weighted by molar-refractivity contribution is 0.0718. The van der Waals surface area contributed by atoms with E-state index in [1.54, 1.807) is 7.11 Å². The molecule has 0 N–H and O–H groups in total. The lowest BCUT2D eigenvalue weighted by atomic mass is 10.2. The molecule has 1 radical (unpaired) electrons. The van der Waals surface area contributed by atoms with Gasteiger partial charge in [-0.25, -0.2) is 0 Å². The topological polar surface area (TPSA) is 18.5 Å². The van der Waals surface area contributed by atoms with Gasteiger partial charge >= 0.3 is 0 Å². The van der Waals surface area contributed by atoms with E-state index in [0.717, 1.165) is 38.9 Å². The third-order valence-electron chi connectivity index (χ3n) is 1.98. The van der Waals surface area contributed by atoms with Crippen molar-refractivity contribution in [1.82, 2.24) is 0 Å². The Morgan fingerprint density at radius 2 is 1.92 bits per heavy atom. The normalized spacial score (nSPS) is 13.2. The van der Waals surface area contributed by atoms with Crippen LogP contribution in [0.2, 0.25) is 0 Å². The fourth-order valence-electron chi connectivity index (χ4n) is 1.10. The number of ether oxygens (including phenoxy) is 2. The van der Waals surface area contributed by atoms with Crippen molar-refractivity contribution in [2.75, 3.05) is 20.3 Å². The van der Waals surface area contributed by atoms with Crippen molar-refractivity contribution in [3.63, 3.8) is 0 Å². The molecule has 0 aromatic carbocycles. The largest absolute Gasteiger partial charge is 0.385 e. The Morgan fingerprint density at radius 3 is 2.54 bits per heavy atom. The Kier molecular flexibility index (Phi) is 9.94. The molecular formula is C11H23O2. The average Bonchev–Trinajstić information content (AvgIpc) is 2.13. The second-order valence-electron chi connectivity index (χ2n) is 3.33. The summed E-state index contributed by atoms with van der Waals surface area (Å²) in [6, 6.07) is 0. The summed E-state index contributed by atoms with van der Waals surface area (Å²) in [5, 5.41) is 0. The molecule has 13 heavy (non-hydrogen) atoms. The number of unbranched alkanes of at least 4 members (excludes halogenated alkanes) is 2. The van der Waals surface area contributed by atoms with Crippen LogP contribution in [0.4, 0.5) is 0 Å². The summed E-state index contributed by atoms with van der Waals surface area (Å²) in [4.78, 5) is 0. The molecule has 0 spiro atoms. The third-order valence-corrected chi connectivity index (χ3v) is 1.98. The fraction of sp³-hybridized carbons (Fsp3) is 0.909. The maximum Gasteiger partial charge on any atom is 0.0576 e. The highest BCUT2D eigenvalue weighted by Gasteiger charge is 2.00. The van der Waals surface area contributed by atoms with Crippen LogP contribution in [0.5, 0.6) is 0 Å². The monoisotopic (exact) mass is 187 g/mol. The van der Waals surface area contributed by atoms with Crippen LogP contribution in [0.15, 0.2) is 0 Å². The zero-order chi connectivity index (χ0) is 9.94. The van der Waals surface area contributed by atoms with Gasteiger partial charge in [0.1, 0.15) is 0 Å². The van der Waals surface area contributed by atoms with E-state index in [1.165, 1.54) is 6.42 Å². The lowest BCUT2D eigenvalue weighted by Crippen LogP contribution is -2.09. The summed E-state index contributed by atoms with van der Waals surface area (Å²) in [7, 11) is 1.74. The molecule has 0 saturated heterocycles. The highest BCUT2D eigenvalue weighted by atomic mass is 16.5. The molecule has 0 heterocycles. The standard InChI is InChI=1S/C11H23O2/c1-4-5-10-13-11(2)8-6-7-9-12-3/h11H,2,4-10H2,1,3H3. The van der Waals surface area contributed by atoms with Gasteiger partial charge in [0, 0.05) is 20.3 Å². The van der Waals surface area contributed by atoms with Crippen molar-refractivity contribution in [3.8, 4) is 0 Å². The van der Waals surface area contributed by atoms with E-state index in [0.29, 0.717) is 0 Å². The highest BCUT2D eigenvalue weighted by Crippen LogP contribution is 2.04. The summed E-state index contributed by atoms with van der Waals surface area (Å²) in [5.74, 6) is 0. The second kappa shape index (κ2) is 10.0. The van der Waals surface area contributed by atoms with Crippen molar-refractivity contribution in [3.05, 3.63) is 6.92 Å². The predicted molar refractivity (Wildman–Crippen MR) is 55.7 cm³/mol. The first kappa shape index (κ1) is 12.9. The summed E-state index contributed by atoms with van der Waals surface area (Å²) in [6.07, 6.45) is 5.81. The van der Waals surface area contributed by atoms with E-state index in [2.05, 4.69) is 13.8 Å². The van der Waals surface area contributed by atoms with E-state index < -0.39 is 0 Å². The maximum atomic E-state index is 5.51. The van der Waals surface area contributed by atoms with Crippen LogP contribution < -0.4 is 0 Å².